The zero-order chi connectivity index (χ0) is 14.8. The van der Waals surface area contributed by atoms with Crippen LogP contribution in [0.1, 0.15) is 33.6 Å². The molecule has 0 spiro atoms. The normalized spacial score (nSPS) is 13.2. The molecular weight excluding hydrogens is 250 g/mol. The molecule has 0 aliphatic rings. The molecule has 0 saturated heterocycles. The highest BCUT2D eigenvalue weighted by Gasteiger charge is 2.15. The Labute approximate surface area is 113 Å². The number of urea groups is 1. The minimum absolute atomic E-state index is 0.00712. The summed E-state index contributed by atoms with van der Waals surface area (Å²) in [5.74, 6) is -1.30. The van der Waals surface area contributed by atoms with Crippen LogP contribution < -0.4 is 16.0 Å². The van der Waals surface area contributed by atoms with E-state index in [0.717, 1.165) is 6.42 Å². The Kier molecular flexibility index (Phi) is 8.32. The van der Waals surface area contributed by atoms with Gasteiger partial charge in [0, 0.05) is 19.5 Å². The van der Waals surface area contributed by atoms with Crippen LogP contribution in [0.5, 0.6) is 0 Å². The first kappa shape index (κ1) is 17.2. The van der Waals surface area contributed by atoms with E-state index in [-0.39, 0.29) is 24.8 Å². The standard InChI is InChI=1S/C12H23N3O4/c1-4-5-13-11(18)9(3)15-12(19)14-7-8(2)6-10(16)17/h8-9H,4-7H2,1-3H3,(H,13,18)(H,16,17)(H2,14,15,19). The molecule has 0 fully saturated rings. The number of aliphatic carboxylic acids is 1. The van der Waals surface area contributed by atoms with Gasteiger partial charge in [-0.3, -0.25) is 9.59 Å². The van der Waals surface area contributed by atoms with Crippen LogP contribution >= 0.6 is 0 Å². The number of carbonyl (C=O) groups is 3. The zero-order valence-corrected chi connectivity index (χ0v) is 11.7. The lowest BCUT2D eigenvalue weighted by Gasteiger charge is -2.15. The first-order chi connectivity index (χ1) is 8.86. The van der Waals surface area contributed by atoms with Gasteiger partial charge < -0.3 is 21.1 Å². The highest BCUT2D eigenvalue weighted by molar-refractivity contribution is 5.86. The molecule has 2 atom stereocenters. The molecule has 4 N–H and O–H groups in total. The first-order valence-corrected chi connectivity index (χ1v) is 6.40. The molecule has 0 bridgehead atoms. The number of hydrogen-bond donors (Lipinski definition) is 4. The lowest BCUT2D eigenvalue weighted by molar-refractivity contribution is -0.137. The highest BCUT2D eigenvalue weighted by atomic mass is 16.4. The van der Waals surface area contributed by atoms with Crippen LogP contribution in [-0.2, 0) is 9.59 Å². The summed E-state index contributed by atoms with van der Waals surface area (Å²) in [5, 5.41) is 16.3. The number of hydrogen-bond acceptors (Lipinski definition) is 3. The van der Waals surface area contributed by atoms with Gasteiger partial charge >= 0.3 is 12.0 Å². The fraction of sp³-hybridized carbons (Fsp3) is 0.750. The Morgan fingerprint density at radius 2 is 1.79 bits per heavy atom. The lowest BCUT2D eigenvalue weighted by Crippen LogP contribution is -2.49. The van der Waals surface area contributed by atoms with E-state index in [1.807, 2.05) is 6.92 Å². The Bertz CT molecular complexity index is 320. The molecule has 7 nitrogen and oxygen atoms in total. The zero-order valence-electron chi connectivity index (χ0n) is 11.7. The van der Waals surface area contributed by atoms with E-state index in [9.17, 15) is 14.4 Å². The molecule has 0 saturated carbocycles. The maximum absolute atomic E-state index is 11.5. The predicted octanol–water partition coefficient (Wildman–Crippen LogP) is 0.311. The van der Waals surface area contributed by atoms with Crippen molar-refractivity contribution in [2.75, 3.05) is 13.1 Å². The maximum Gasteiger partial charge on any atom is 0.315 e. The van der Waals surface area contributed by atoms with Gasteiger partial charge in [0.25, 0.3) is 0 Å². The second kappa shape index (κ2) is 9.18. The minimum atomic E-state index is -0.901. The van der Waals surface area contributed by atoms with Crippen LogP contribution in [0, 0.1) is 5.92 Å². The van der Waals surface area contributed by atoms with Crippen molar-refractivity contribution in [1.29, 1.82) is 0 Å². The minimum Gasteiger partial charge on any atom is -0.481 e. The summed E-state index contributed by atoms with van der Waals surface area (Å²) < 4.78 is 0. The van der Waals surface area contributed by atoms with Gasteiger partial charge in [0.1, 0.15) is 6.04 Å². The van der Waals surface area contributed by atoms with Gasteiger partial charge in [-0.15, -0.1) is 0 Å². The van der Waals surface area contributed by atoms with Gasteiger partial charge in [-0.25, -0.2) is 4.79 Å². The third-order valence-electron chi connectivity index (χ3n) is 2.42. The molecule has 0 aromatic carbocycles. The van der Waals surface area contributed by atoms with E-state index < -0.39 is 18.0 Å². The summed E-state index contributed by atoms with van der Waals surface area (Å²) in [6, 6.07) is -1.10. The van der Waals surface area contributed by atoms with Crippen molar-refractivity contribution in [3.8, 4) is 0 Å². The molecule has 0 aromatic rings. The number of amides is 3. The molecule has 0 aliphatic carbocycles. The van der Waals surface area contributed by atoms with E-state index in [4.69, 9.17) is 5.11 Å². The lowest BCUT2D eigenvalue weighted by atomic mass is 10.1. The summed E-state index contributed by atoms with van der Waals surface area (Å²) in [5.41, 5.74) is 0. The maximum atomic E-state index is 11.5. The van der Waals surface area contributed by atoms with Crippen LogP contribution in [0.3, 0.4) is 0 Å². The van der Waals surface area contributed by atoms with E-state index in [1.165, 1.54) is 0 Å². The highest BCUT2D eigenvalue weighted by Crippen LogP contribution is 1.98. The van der Waals surface area contributed by atoms with Crippen LogP contribution in [0.15, 0.2) is 0 Å². The molecule has 0 aromatic heterocycles. The summed E-state index contributed by atoms with van der Waals surface area (Å²) in [6.45, 7) is 6.08. The Morgan fingerprint density at radius 3 is 2.32 bits per heavy atom. The largest absolute Gasteiger partial charge is 0.481 e. The van der Waals surface area contributed by atoms with Crippen molar-refractivity contribution in [2.45, 2.75) is 39.7 Å². The number of rotatable bonds is 8. The van der Waals surface area contributed by atoms with Crippen LogP contribution in [0.4, 0.5) is 4.79 Å². The van der Waals surface area contributed by atoms with Crippen molar-refractivity contribution in [3.63, 3.8) is 0 Å². The molecule has 0 rings (SSSR count). The summed E-state index contributed by atoms with van der Waals surface area (Å²) >= 11 is 0. The second-order valence-electron chi connectivity index (χ2n) is 4.57. The Morgan fingerprint density at radius 1 is 1.16 bits per heavy atom. The van der Waals surface area contributed by atoms with Crippen molar-refractivity contribution >= 4 is 17.9 Å². The van der Waals surface area contributed by atoms with E-state index in [0.29, 0.717) is 6.54 Å². The van der Waals surface area contributed by atoms with Crippen LogP contribution in [0.2, 0.25) is 0 Å². The molecule has 7 heteroatoms. The second-order valence-corrected chi connectivity index (χ2v) is 4.57. The molecule has 3 amide bonds. The van der Waals surface area contributed by atoms with E-state index in [1.54, 1.807) is 13.8 Å². The van der Waals surface area contributed by atoms with Gasteiger partial charge in [0.2, 0.25) is 5.91 Å². The van der Waals surface area contributed by atoms with Gasteiger partial charge in [0.05, 0.1) is 0 Å². The first-order valence-electron chi connectivity index (χ1n) is 6.40. The summed E-state index contributed by atoms with van der Waals surface area (Å²) in [4.78, 5) is 33.4. The fourth-order valence-corrected chi connectivity index (χ4v) is 1.35. The molecule has 110 valence electrons. The molecule has 19 heavy (non-hydrogen) atoms. The SMILES string of the molecule is CCCNC(=O)C(C)NC(=O)NCC(C)CC(=O)O. The molecular formula is C12H23N3O4. The molecule has 0 aliphatic heterocycles. The van der Waals surface area contributed by atoms with E-state index in [2.05, 4.69) is 16.0 Å². The van der Waals surface area contributed by atoms with Crippen LogP contribution in [-0.4, -0.2) is 42.1 Å². The smallest absolute Gasteiger partial charge is 0.315 e. The predicted molar refractivity (Wildman–Crippen MR) is 70.7 cm³/mol. The monoisotopic (exact) mass is 273 g/mol. The van der Waals surface area contributed by atoms with Crippen molar-refractivity contribution in [3.05, 3.63) is 0 Å². The quantitative estimate of drug-likeness (QED) is 0.510. The molecule has 2 unspecified atom stereocenters. The van der Waals surface area contributed by atoms with Gasteiger partial charge in [0.15, 0.2) is 0 Å². The third kappa shape index (κ3) is 8.87. The topological polar surface area (TPSA) is 108 Å². The average Bonchev–Trinajstić information content (AvgIpc) is 2.32. The number of carboxylic acids is 1. The molecule has 0 heterocycles. The Hall–Kier alpha value is -1.79. The van der Waals surface area contributed by atoms with Crippen LogP contribution in [0.25, 0.3) is 0 Å². The fourth-order valence-electron chi connectivity index (χ4n) is 1.35. The number of carboxylic acid groups (broad SMARTS) is 1. The van der Waals surface area contributed by atoms with Gasteiger partial charge in [-0.05, 0) is 19.3 Å². The Balaban J connectivity index is 3.90. The van der Waals surface area contributed by atoms with Crippen molar-refractivity contribution < 1.29 is 19.5 Å². The summed E-state index contributed by atoms with van der Waals surface area (Å²) in [7, 11) is 0. The van der Waals surface area contributed by atoms with Crippen molar-refractivity contribution in [1.82, 2.24) is 16.0 Å². The average molecular weight is 273 g/mol. The van der Waals surface area contributed by atoms with Gasteiger partial charge in [-0.1, -0.05) is 13.8 Å². The number of carbonyl (C=O) groups excluding carboxylic acids is 2. The third-order valence-corrected chi connectivity index (χ3v) is 2.42. The number of nitrogens with one attached hydrogen (secondary N) is 3. The molecule has 0 radical (unpaired) electrons. The summed E-state index contributed by atoms with van der Waals surface area (Å²) in [6.07, 6.45) is 0.824. The van der Waals surface area contributed by atoms with Gasteiger partial charge in [-0.2, -0.15) is 0 Å². The van der Waals surface area contributed by atoms with Crippen molar-refractivity contribution in [2.24, 2.45) is 5.92 Å². The van der Waals surface area contributed by atoms with E-state index >= 15 is 0 Å².